The Morgan fingerprint density at radius 1 is 1.29 bits per heavy atom. The third-order valence-electron chi connectivity index (χ3n) is 3.64. The number of rotatable bonds is 5. The van der Waals surface area contributed by atoms with Crippen LogP contribution in [-0.2, 0) is 0 Å². The molecule has 1 fully saturated rings. The van der Waals surface area contributed by atoms with Gasteiger partial charge >= 0.3 is 0 Å². The van der Waals surface area contributed by atoms with Crippen molar-refractivity contribution in [1.82, 2.24) is 0 Å². The molecule has 1 aliphatic carbocycles. The van der Waals surface area contributed by atoms with Gasteiger partial charge in [-0.2, -0.15) is 0 Å². The first-order chi connectivity index (χ1) is 6.39. The molecule has 3 atom stereocenters. The molecule has 0 aromatic rings. The Labute approximate surface area is 85.8 Å². The van der Waals surface area contributed by atoms with Gasteiger partial charge in [-0.25, -0.2) is 0 Å². The molecule has 2 unspecified atom stereocenters. The van der Waals surface area contributed by atoms with E-state index >= 15 is 0 Å². The van der Waals surface area contributed by atoms with Crippen LogP contribution in [-0.4, -0.2) is 33.1 Å². The summed E-state index contributed by atoms with van der Waals surface area (Å²) < 4.78 is 0. The Morgan fingerprint density at radius 2 is 1.79 bits per heavy atom. The largest absolute Gasteiger partial charge is 0.390 e. The fourth-order valence-corrected chi connectivity index (χ4v) is 2.17. The molecule has 3 heteroatoms. The molecule has 3 N–H and O–H groups in total. The quantitative estimate of drug-likeness (QED) is 0.584. The first-order valence-electron chi connectivity index (χ1n) is 5.47. The molecule has 3 nitrogen and oxygen atoms in total. The highest BCUT2D eigenvalue weighted by Crippen LogP contribution is 2.58. The molecule has 1 saturated carbocycles. The van der Waals surface area contributed by atoms with Gasteiger partial charge in [0.15, 0.2) is 0 Å². The van der Waals surface area contributed by atoms with E-state index in [1.54, 1.807) is 13.8 Å². The van der Waals surface area contributed by atoms with Crippen LogP contribution in [0.1, 0.15) is 46.5 Å². The highest BCUT2D eigenvalue weighted by molar-refractivity contribution is 5.23. The van der Waals surface area contributed by atoms with Crippen molar-refractivity contribution in [1.29, 1.82) is 0 Å². The van der Waals surface area contributed by atoms with E-state index in [4.69, 9.17) is 0 Å². The smallest absolute Gasteiger partial charge is 0.124 e. The molecule has 1 rings (SSSR count). The summed E-state index contributed by atoms with van der Waals surface area (Å²) in [7, 11) is 0. The lowest BCUT2D eigenvalue weighted by Crippen LogP contribution is -2.34. The molecule has 1 aliphatic rings. The molecule has 0 aromatic carbocycles. The molecule has 0 radical (unpaired) electrons. The van der Waals surface area contributed by atoms with Crippen LogP contribution in [0.15, 0.2) is 0 Å². The molecule has 0 aliphatic heterocycles. The maximum atomic E-state index is 9.99. The van der Waals surface area contributed by atoms with Crippen LogP contribution < -0.4 is 0 Å². The number of hydrogen-bond acceptors (Lipinski definition) is 3. The maximum absolute atomic E-state index is 9.99. The van der Waals surface area contributed by atoms with E-state index in [1.165, 1.54) is 0 Å². The van der Waals surface area contributed by atoms with Gasteiger partial charge in [0.2, 0.25) is 0 Å². The zero-order chi connectivity index (χ0) is 11.0. The highest BCUT2D eigenvalue weighted by Gasteiger charge is 2.73. The summed E-state index contributed by atoms with van der Waals surface area (Å²) in [6.07, 6.45) is 2.06. The summed E-state index contributed by atoms with van der Waals surface area (Å²) in [5.41, 5.74) is -1.83. The van der Waals surface area contributed by atoms with Gasteiger partial charge in [0, 0.05) is 5.41 Å². The van der Waals surface area contributed by atoms with Crippen molar-refractivity contribution < 1.29 is 15.3 Å². The van der Waals surface area contributed by atoms with Gasteiger partial charge in [0.1, 0.15) is 5.60 Å². The monoisotopic (exact) mass is 202 g/mol. The molecule has 0 aromatic heterocycles. The SMILES string of the molecule is CCCCCC(O)[C@@]1(O)C(O)C1(C)C. The zero-order valence-electron chi connectivity index (χ0n) is 9.32. The summed E-state index contributed by atoms with van der Waals surface area (Å²) in [5.74, 6) is 0. The molecular formula is C11H22O3. The topological polar surface area (TPSA) is 60.7 Å². The molecule has 0 bridgehead atoms. The van der Waals surface area contributed by atoms with Crippen LogP contribution >= 0.6 is 0 Å². The van der Waals surface area contributed by atoms with Gasteiger partial charge in [-0.3, -0.25) is 0 Å². The minimum Gasteiger partial charge on any atom is -0.390 e. The van der Waals surface area contributed by atoms with Crippen LogP contribution in [0.3, 0.4) is 0 Å². The van der Waals surface area contributed by atoms with Crippen LogP contribution in [0.2, 0.25) is 0 Å². The molecular weight excluding hydrogens is 180 g/mol. The third kappa shape index (κ3) is 1.58. The molecule has 0 saturated heterocycles. The summed E-state index contributed by atoms with van der Waals surface area (Å²) >= 11 is 0. The number of aliphatic hydroxyl groups excluding tert-OH is 2. The first-order valence-corrected chi connectivity index (χ1v) is 5.47. The minimum atomic E-state index is -1.28. The highest BCUT2D eigenvalue weighted by atomic mass is 16.4. The van der Waals surface area contributed by atoms with E-state index < -0.39 is 23.2 Å². The van der Waals surface area contributed by atoms with Crippen molar-refractivity contribution in [2.24, 2.45) is 5.41 Å². The average molecular weight is 202 g/mol. The van der Waals surface area contributed by atoms with Crippen molar-refractivity contribution in [3.63, 3.8) is 0 Å². The summed E-state index contributed by atoms with van der Waals surface area (Å²) in [6.45, 7) is 5.65. The van der Waals surface area contributed by atoms with Crippen LogP contribution in [0.4, 0.5) is 0 Å². The summed E-state index contributed by atoms with van der Waals surface area (Å²) in [5, 5.41) is 29.3. The molecule has 0 heterocycles. The second-order valence-electron chi connectivity index (χ2n) is 4.96. The van der Waals surface area contributed by atoms with Gasteiger partial charge < -0.3 is 15.3 Å². The molecule has 0 amide bonds. The van der Waals surface area contributed by atoms with Crippen molar-refractivity contribution >= 4 is 0 Å². The predicted octanol–water partition coefficient (Wildman–Crippen LogP) is 1.06. The van der Waals surface area contributed by atoms with Crippen molar-refractivity contribution in [3.05, 3.63) is 0 Å². The fraction of sp³-hybridized carbons (Fsp3) is 1.00. The van der Waals surface area contributed by atoms with Crippen LogP contribution in [0.5, 0.6) is 0 Å². The normalized spacial score (nSPS) is 36.9. The Bertz CT molecular complexity index is 203. The Kier molecular flexibility index (Phi) is 3.24. The second kappa shape index (κ2) is 3.80. The van der Waals surface area contributed by atoms with Crippen LogP contribution in [0, 0.1) is 5.41 Å². The van der Waals surface area contributed by atoms with Crippen molar-refractivity contribution in [2.75, 3.05) is 0 Å². The van der Waals surface area contributed by atoms with E-state index in [2.05, 4.69) is 6.92 Å². The summed E-state index contributed by atoms with van der Waals surface area (Å²) in [4.78, 5) is 0. The lowest BCUT2D eigenvalue weighted by Gasteiger charge is -2.19. The fourth-order valence-electron chi connectivity index (χ4n) is 2.17. The molecule has 0 spiro atoms. The predicted molar refractivity (Wildman–Crippen MR) is 54.9 cm³/mol. The Morgan fingerprint density at radius 3 is 2.14 bits per heavy atom. The Balaban J connectivity index is 2.42. The first kappa shape index (κ1) is 12.0. The zero-order valence-corrected chi connectivity index (χ0v) is 9.32. The second-order valence-corrected chi connectivity index (χ2v) is 4.96. The number of aliphatic hydroxyl groups is 3. The van der Waals surface area contributed by atoms with Gasteiger partial charge in [-0.15, -0.1) is 0 Å². The van der Waals surface area contributed by atoms with E-state index in [9.17, 15) is 15.3 Å². The van der Waals surface area contributed by atoms with Crippen molar-refractivity contribution in [3.8, 4) is 0 Å². The van der Waals surface area contributed by atoms with Crippen molar-refractivity contribution in [2.45, 2.75) is 64.3 Å². The number of hydrogen-bond donors (Lipinski definition) is 3. The van der Waals surface area contributed by atoms with E-state index in [0.29, 0.717) is 6.42 Å². The average Bonchev–Trinajstić information content (AvgIpc) is 2.52. The lowest BCUT2D eigenvalue weighted by molar-refractivity contribution is -0.0451. The van der Waals surface area contributed by atoms with E-state index in [-0.39, 0.29) is 0 Å². The third-order valence-corrected chi connectivity index (χ3v) is 3.64. The molecule has 84 valence electrons. The Hall–Kier alpha value is -0.120. The van der Waals surface area contributed by atoms with Gasteiger partial charge in [-0.05, 0) is 6.42 Å². The van der Waals surface area contributed by atoms with Gasteiger partial charge in [0.05, 0.1) is 12.2 Å². The lowest BCUT2D eigenvalue weighted by atomic mass is 9.98. The van der Waals surface area contributed by atoms with Gasteiger partial charge in [-0.1, -0.05) is 40.0 Å². The molecule has 14 heavy (non-hydrogen) atoms. The number of unbranched alkanes of at least 4 members (excludes halogenated alkanes) is 2. The van der Waals surface area contributed by atoms with E-state index in [0.717, 1.165) is 19.3 Å². The van der Waals surface area contributed by atoms with Crippen LogP contribution in [0.25, 0.3) is 0 Å². The van der Waals surface area contributed by atoms with Gasteiger partial charge in [0.25, 0.3) is 0 Å². The minimum absolute atomic E-state index is 0.557. The van der Waals surface area contributed by atoms with E-state index in [1.807, 2.05) is 0 Å². The maximum Gasteiger partial charge on any atom is 0.124 e. The summed E-state index contributed by atoms with van der Waals surface area (Å²) in [6, 6.07) is 0. The standard InChI is InChI=1S/C11H22O3/c1-4-5-6-7-8(12)11(14)9(13)10(11,2)3/h8-9,12-14H,4-7H2,1-3H3/t8?,9?,11-/m1/s1.